The third-order valence-corrected chi connectivity index (χ3v) is 8.52. The zero-order chi connectivity index (χ0) is 28.2. The molecule has 38 heavy (non-hydrogen) atoms. The molecule has 214 valence electrons. The van der Waals surface area contributed by atoms with Crippen LogP contribution in [0.25, 0.3) is 0 Å². The lowest BCUT2D eigenvalue weighted by atomic mass is 9.82. The summed E-state index contributed by atoms with van der Waals surface area (Å²) in [5.41, 5.74) is 1.83. The molecule has 3 aliphatic rings. The van der Waals surface area contributed by atoms with E-state index in [9.17, 15) is 24.9 Å². The fraction of sp³-hybridized carbons (Fsp3) is 0.733. The first-order chi connectivity index (χ1) is 17.8. The number of nitrogens with zero attached hydrogens (tertiary/aromatic N) is 1. The third-order valence-electron chi connectivity index (χ3n) is 8.52. The Hall–Kier alpha value is -2.00. The Balaban J connectivity index is 1.62. The molecule has 0 spiro atoms. The highest BCUT2D eigenvalue weighted by atomic mass is 16.6. The zero-order valence-corrected chi connectivity index (χ0v) is 23.8. The molecule has 0 aromatic rings. The second-order valence-corrected chi connectivity index (χ2v) is 11.8. The van der Waals surface area contributed by atoms with Crippen molar-refractivity contribution < 1.29 is 34.4 Å². The summed E-state index contributed by atoms with van der Waals surface area (Å²) >= 11 is 0. The van der Waals surface area contributed by atoms with Crippen LogP contribution in [0.15, 0.2) is 35.5 Å². The Morgan fingerprint density at radius 1 is 1.16 bits per heavy atom. The molecule has 3 N–H and O–H groups in total. The van der Waals surface area contributed by atoms with Crippen LogP contribution in [0.2, 0.25) is 0 Å². The SMILES string of the molecule is CC(=C\C1C=CC(O)C(O)C1)/C=C(\C)C(C)OC(=O)C1CCCCN1C(=O)CC1(O)OC(C)C(C)CC1C. The molecule has 1 aliphatic carbocycles. The van der Waals surface area contributed by atoms with E-state index in [2.05, 4.69) is 6.92 Å². The molecule has 1 amide bonds. The zero-order valence-electron chi connectivity index (χ0n) is 23.8. The number of rotatable bonds is 7. The van der Waals surface area contributed by atoms with Crippen molar-refractivity contribution in [1.29, 1.82) is 0 Å². The van der Waals surface area contributed by atoms with E-state index in [1.54, 1.807) is 11.0 Å². The van der Waals surface area contributed by atoms with Crippen molar-refractivity contribution in [3.05, 3.63) is 35.5 Å². The van der Waals surface area contributed by atoms with Gasteiger partial charge in [0.05, 0.1) is 24.7 Å². The van der Waals surface area contributed by atoms with Crippen LogP contribution in [-0.2, 0) is 19.1 Å². The number of allylic oxidation sites excluding steroid dienone is 4. The van der Waals surface area contributed by atoms with Crippen LogP contribution in [0, 0.1) is 17.8 Å². The number of hydrogen-bond acceptors (Lipinski definition) is 7. The van der Waals surface area contributed by atoms with Gasteiger partial charge in [-0.2, -0.15) is 0 Å². The summed E-state index contributed by atoms with van der Waals surface area (Å²) < 4.78 is 11.7. The van der Waals surface area contributed by atoms with Crippen molar-refractivity contribution in [1.82, 2.24) is 4.90 Å². The normalized spacial score (nSPS) is 37.6. The summed E-state index contributed by atoms with van der Waals surface area (Å²) in [7, 11) is 0. The van der Waals surface area contributed by atoms with Crippen LogP contribution in [0.4, 0.5) is 0 Å². The van der Waals surface area contributed by atoms with E-state index in [4.69, 9.17) is 9.47 Å². The summed E-state index contributed by atoms with van der Waals surface area (Å²) in [4.78, 5) is 28.1. The fourth-order valence-electron chi connectivity index (χ4n) is 5.71. The topological polar surface area (TPSA) is 117 Å². The molecule has 0 radical (unpaired) electrons. The summed E-state index contributed by atoms with van der Waals surface area (Å²) in [5, 5.41) is 30.7. The van der Waals surface area contributed by atoms with Gasteiger partial charge in [-0.3, -0.25) is 4.79 Å². The largest absolute Gasteiger partial charge is 0.457 e. The lowest BCUT2D eigenvalue weighted by Gasteiger charge is -2.45. The Bertz CT molecular complexity index is 943. The molecule has 2 saturated heterocycles. The molecule has 2 fully saturated rings. The van der Waals surface area contributed by atoms with Gasteiger partial charge in [0.1, 0.15) is 12.1 Å². The Morgan fingerprint density at radius 3 is 2.55 bits per heavy atom. The Morgan fingerprint density at radius 2 is 1.87 bits per heavy atom. The molecule has 8 nitrogen and oxygen atoms in total. The monoisotopic (exact) mass is 533 g/mol. The van der Waals surface area contributed by atoms with Gasteiger partial charge in [0.25, 0.3) is 0 Å². The lowest BCUT2D eigenvalue weighted by molar-refractivity contribution is -0.289. The lowest BCUT2D eigenvalue weighted by Crippen LogP contribution is -2.55. The standard InChI is InChI=1S/C30H47NO7/c1-18(14-24-10-11-26(32)27(33)16-24)13-19(2)22(5)37-29(35)25-9-7-8-12-31(25)28(34)17-30(36)21(4)15-20(3)23(6)38-30/h10-11,13-14,20-27,32-33,36H,7-9,12,15-17H2,1-6H3/b18-14+,19-13+. The van der Waals surface area contributed by atoms with Crippen molar-refractivity contribution >= 4 is 11.9 Å². The average Bonchev–Trinajstić information content (AvgIpc) is 2.85. The summed E-state index contributed by atoms with van der Waals surface area (Å²) in [5.74, 6) is -2.11. The number of aliphatic hydroxyl groups is 3. The molecule has 0 saturated carbocycles. The van der Waals surface area contributed by atoms with Crippen molar-refractivity contribution in [3.8, 4) is 0 Å². The number of carbonyl (C=O) groups is 2. The summed E-state index contributed by atoms with van der Waals surface area (Å²) in [6.07, 6.45) is 8.46. The van der Waals surface area contributed by atoms with Gasteiger partial charge in [0.2, 0.25) is 5.91 Å². The Labute approximate surface area is 227 Å². The molecule has 0 aromatic carbocycles. The highest BCUT2D eigenvalue weighted by Crippen LogP contribution is 2.38. The number of carbonyl (C=O) groups excluding carboxylic acids is 2. The first-order valence-electron chi connectivity index (χ1n) is 14.1. The third kappa shape index (κ3) is 7.56. The molecule has 2 aliphatic heterocycles. The first kappa shape index (κ1) is 30.5. The molecule has 0 bridgehead atoms. The number of piperidine rings is 1. The van der Waals surface area contributed by atoms with E-state index < -0.39 is 36.1 Å². The maximum Gasteiger partial charge on any atom is 0.329 e. The van der Waals surface area contributed by atoms with Gasteiger partial charge in [-0.25, -0.2) is 4.79 Å². The summed E-state index contributed by atoms with van der Waals surface area (Å²) in [6.45, 7) is 12.0. The Kier molecular flexibility index (Phi) is 10.4. The van der Waals surface area contributed by atoms with Crippen LogP contribution in [0.3, 0.4) is 0 Å². The van der Waals surface area contributed by atoms with Gasteiger partial charge < -0.3 is 29.7 Å². The van der Waals surface area contributed by atoms with Crippen molar-refractivity contribution in [3.63, 3.8) is 0 Å². The molecule has 9 atom stereocenters. The van der Waals surface area contributed by atoms with E-state index in [1.807, 2.05) is 52.8 Å². The van der Waals surface area contributed by atoms with E-state index in [1.165, 1.54) is 0 Å². The van der Waals surface area contributed by atoms with Gasteiger partial charge in [-0.05, 0) is 77.2 Å². The van der Waals surface area contributed by atoms with Gasteiger partial charge >= 0.3 is 5.97 Å². The molecule has 8 heteroatoms. The molecule has 2 heterocycles. The maximum absolute atomic E-state index is 13.3. The number of likely N-dealkylation sites (tertiary alicyclic amines) is 1. The number of hydrogen-bond donors (Lipinski definition) is 3. The predicted molar refractivity (Wildman–Crippen MR) is 145 cm³/mol. The second kappa shape index (κ2) is 12.9. The smallest absolute Gasteiger partial charge is 0.329 e. The van der Waals surface area contributed by atoms with E-state index >= 15 is 0 Å². The van der Waals surface area contributed by atoms with Crippen molar-refractivity contribution in [2.45, 2.75) is 116 Å². The molecule has 0 aromatic heterocycles. The van der Waals surface area contributed by atoms with Crippen LogP contribution in [0.5, 0.6) is 0 Å². The van der Waals surface area contributed by atoms with Crippen LogP contribution in [0.1, 0.15) is 80.1 Å². The van der Waals surface area contributed by atoms with E-state index in [-0.39, 0.29) is 30.3 Å². The molecule has 3 rings (SSSR count). The van der Waals surface area contributed by atoms with Gasteiger partial charge in [0, 0.05) is 12.5 Å². The van der Waals surface area contributed by atoms with Gasteiger partial charge in [-0.15, -0.1) is 0 Å². The van der Waals surface area contributed by atoms with Crippen LogP contribution >= 0.6 is 0 Å². The molecular weight excluding hydrogens is 486 g/mol. The maximum atomic E-state index is 13.3. The minimum atomic E-state index is -1.53. The highest BCUT2D eigenvalue weighted by Gasteiger charge is 2.46. The molecular formula is C30H47NO7. The van der Waals surface area contributed by atoms with Gasteiger partial charge in [0.15, 0.2) is 5.79 Å². The number of aliphatic hydroxyl groups excluding tert-OH is 2. The van der Waals surface area contributed by atoms with Crippen molar-refractivity contribution in [2.24, 2.45) is 17.8 Å². The molecule has 9 unspecified atom stereocenters. The second-order valence-electron chi connectivity index (χ2n) is 11.8. The minimum Gasteiger partial charge on any atom is -0.457 e. The average molecular weight is 534 g/mol. The predicted octanol–water partition coefficient (Wildman–Crippen LogP) is 3.65. The highest BCUT2D eigenvalue weighted by molar-refractivity contribution is 5.85. The van der Waals surface area contributed by atoms with Crippen LogP contribution in [-0.4, -0.2) is 74.9 Å². The fourth-order valence-corrected chi connectivity index (χ4v) is 5.71. The van der Waals surface area contributed by atoms with Crippen LogP contribution < -0.4 is 0 Å². The summed E-state index contributed by atoms with van der Waals surface area (Å²) in [6, 6.07) is -0.678. The number of amides is 1. The minimum absolute atomic E-state index is 0.0222. The number of esters is 1. The van der Waals surface area contributed by atoms with E-state index in [0.29, 0.717) is 25.3 Å². The quantitative estimate of drug-likeness (QED) is 0.260. The van der Waals surface area contributed by atoms with E-state index in [0.717, 1.165) is 30.4 Å². The first-order valence-corrected chi connectivity index (χ1v) is 14.1. The van der Waals surface area contributed by atoms with Gasteiger partial charge in [-0.1, -0.05) is 43.7 Å². The van der Waals surface area contributed by atoms with Crippen molar-refractivity contribution in [2.75, 3.05) is 6.54 Å². The number of ether oxygens (including phenoxy) is 2.